The first-order valence-electron chi connectivity index (χ1n) is 14.1. The number of ether oxygens (including phenoxy) is 1. The third-order valence-corrected chi connectivity index (χ3v) is 8.51. The van der Waals surface area contributed by atoms with Gasteiger partial charge in [-0.1, -0.05) is 26.0 Å². The third kappa shape index (κ3) is 7.21. The first-order chi connectivity index (χ1) is 18.5. The molecule has 228 valence electrons. The normalized spacial score (nSPS) is 27.0. The van der Waals surface area contributed by atoms with Crippen LogP contribution in [0.5, 0.6) is 0 Å². The monoisotopic (exact) mass is 611 g/mol. The molecule has 2 saturated heterocycles. The van der Waals surface area contributed by atoms with Gasteiger partial charge in [0, 0.05) is 67.5 Å². The Morgan fingerprint density at radius 2 is 1.80 bits per heavy atom. The lowest BCUT2D eigenvalue weighted by molar-refractivity contribution is -0.121. The van der Waals surface area contributed by atoms with Crippen molar-refractivity contribution < 1.29 is 19.0 Å². The van der Waals surface area contributed by atoms with Gasteiger partial charge in [0.05, 0.1) is 31.1 Å². The van der Waals surface area contributed by atoms with Crippen molar-refractivity contribution in [2.45, 2.75) is 70.3 Å². The number of nitrogens with zero attached hydrogens (tertiary/aromatic N) is 4. The van der Waals surface area contributed by atoms with Gasteiger partial charge < -0.3 is 20.1 Å². The second kappa shape index (κ2) is 13.6. The zero-order valence-corrected chi connectivity index (χ0v) is 26.2. The number of hydrogen-bond acceptors (Lipinski definition) is 7. The van der Waals surface area contributed by atoms with Crippen LogP contribution in [0.4, 0.5) is 10.1 Å². The number of piperazine rings is 1. The molecule has 0 saturated carbocycles. The Morgan fingerprint density at radius 1 is 1.15 bits per heavy atom. The molecular formula is C30H44Cl2FN5O3. The number of fused-ring (bicyclic) bond motifs is 1. The maximum absolute atomic E-state index is 13.9. The van der Waals surface area contributed by atoms with E-state index in [1.165, 1.54) is 12.1 Å². The van der Waals surface area contributed by atoms with Crippen molar-refractivity contribution in [3.05, 3.63) is 59.2 Å². The number of morpholine rings is 1. The fourth-order valence-corrected chi connectivity index (χ4v) is 6.26. The van der Waals surface area contributed by atoms with Crippen LogP contribution in [0.3, 0.4) is 0 Å². The lowest BCUT2D eigenvalue weighted by atomic mass is 9.90. The molecule has 3 aliphatic rings. The summed E-state index contributed by atoms with van der Waals surface area (Å²) < 4.78 is 19.1. The third-order valence-electron chi connectivity index (χ3n) is 8.51. The summed E-state index contributed by atoms with van der Waals surface area (Å²) in [7, 11) is 0. The molecule has 1 unspecified atom stereocenters. The Bertz CT molecular complexity index is 1180. The van der Waals surface area contributed by atoms with Gasteiger partial charge in [-0.25, -0.2) is 4.39 Å². The van der Waals surface area contributed by atoms with Crippen molar-refractivity contribution >= 4 is 36.4 Å². The van der Waals surface area contributed by atoms with Crippen molar-refractivity contribution in [3.63, 3.8) is 0 Å². The van der Waals surface area contributed by atoms with Crippen LogP contribution >= 0.6 is 24.8 Å². The fourth-order valence-electron chi connectivity index (χ4n) is 6.26. The summed E-state index contributed by atoms with van der Waals surface area (Å²) >= 11 is 0. The predicted molar refractivity (Wildman–Crippen MR) is 164 cm³/mol. The van der Waals surface area contributed by atoms with Gasteiger partial charge in [-0.2, -0.15) is 0 Å². The molecule has 11 heteroatoms. The van der Waals surface area contributed by atoms with Crippen molar-refractivity contribution in [3.8, 4) is 0 Å². The largest absolute Gasteiger partial charge is 0.384 e. The van der Waals surface area contributed by atoms with Crippen LogP contribution in [-0.4, -0.2) is 95.9 Å². The topological polar surface area (TPSA) is 81.2 Å². The smallest absolute Gasteiger partial charge is 0.241 e. The lowest BCUT2D eigenvalue weighted by Crippen LogP contribution is -2.63. The summed E-state index contributed by atoms with van der Waals surface area (Å²) in [5.41, 5.74) is 2.46. The van der Waals surface area contributed by atoms with E-state index >= 15 is 0 Å². The standard InChI is InChI=1S/C30H42FN5O3.2ClH/c1-19-13-34(25(12-32-19)14-35-20(2)16-39-17-21(35)3)15-27(37)36-18-30(4,5)29-26(36)10-23(11-33-29)28(38)22-6-8-24(31)9-7-22;;/h6-11,19-21,25,28,32,38H,12-18H2,1-5H3;2*1H/t19-,20-,21-,25-,28?;;/m1../s1. The van der Waals surface area contributed by atoms with Gasteiger partial charge in [0.1, 0.15) is 11.9 Å². The molecule has 0 spiro atoms. The molecule has 8 nitrogen and oxygen atoms in total. The number of benzene rings is 1. The zero-order chi connectivity index (χ0) is 27.9. The molecule has 41 heavy (non-hydrogen) atoms. The van der Waals surface area contributed by atoms with Crippen molar-refractivity contribution in [1.82, 2.24) is 20.1 Å². The summed E-state index contributed by atoms with van der Waals surface area (Å²) in [4.78, 5) is 25.3. The van der Waals surface area contributed by atoms with Crippen LogP contribution in [0.2, 0.25) is 0 Å². The number of nitrogens with one attached hydrogen (secondary N) is 1. The van der Waals surface area contributed by atoms with E-state index in [9.17, 15) is 14.3 Å². The van der Waals surface area contributed by atoms with Crippen molar-refractivity contribution in [1.29, 1.82) is 0 Å². The quantitative estimate of drug-likeness (QED) is 0.517. The average Bonchev–Trinajstić information content (AvgIpc) is 3.17. The molecule has 2 fully saturated rings. The summed E-state index contributed by atoms with van der Waals surface area (Å²) in [6.07, 6.45) is 0.710. The number of aromatic nitrogens is 1. The van der Waals surface area contributed by atoms with E-state index in [1.807, 2.05) is 11.0 Å². The summed E-state index contributed by atoms with van der Waals surface area (Å²) in [6, 6.07) is 8.89. The molecular weight excluding hydrogens is 568 g/mol. The highest BCUT2D eigenvalue weighted by Gasteiger charge is 2.41. The number of amides is 1. The molecule has 0 bridgehead atoms. The summed E-state index contributed by atoms with van der Waals surface area (Å²) in [5.74, 6) is -0.311. The summed E-state index contributed by atoms with van der Waals surface area (Å²) in [5, 5.41) is 14.6. The number of pyridine rings is 1. The predicted octanol–water partition coefficient (Wildman–Crippen LogP) is 3.54. The van der Waals surface area contributed by atoms with Crippen LogP contribution in [-0.2, 0) is 14.9 Å². The van der Waals surface area contributed by atoms with Gasteiger partial charge in [-0.3, -0.25) is 19.6 Å². The molecule has 0 aliphatic carbocycles. The molecule has 3 aliphatic heterocycles. The lowest BCUT2D eigenvalue weighted by Gasteiger charge is -2.46. The van der Waals surface area contributed by atoms with Gasteiger partial charge >= 0.3 is 0 Å². The molecule has 2 N–H and O–H groups in total. The molecule has 0 radical (unpaired) electrons. The van der Waals surface area contributed by atoms with E-state index in [-0.39, 0.29) is 48.0 Å². The van der Waals surface area contributed by atoms with E-state index in [0.29, 0.717) is 42.3 Å². The number of rotatable bonds is 6. The Morgan fingerprint density at radius 3 is 2.46 bits per heavy atom. The minimum atomic E-state index is -0.958. The molecule has 5 atom stereocenters. The van der Waals surface area contributed by atoms with E-state index in [4.69, 9.17) is 9.72 Å². The Kier molecular flexibility index (Phi) is 11.2. The Balaban J connectivity index is 0.00000231. The van der Waals surface area contributed by atoms with Crippen LogP contribution in [0, 0.1) is 5.82 Å². The van der Waals surface area contributed by atoms with Crippen LogP contribution in [0.1, 0.15) is 57.5 Å². The van der Waals surface area contributed by atoms with Crippen LogP contribution < -0.4 is 10.2 Å². The number of carbonyl (C=O) groups excluding carboxylic acids is 1. The average molecular weight is 613 g/mol. The molecule has 2 aromatic rings. The first-order valence-corrected chi connectivity index (χ1v) is 14.1. The fraction of sp³-hybridized carbons (Fsp3) is 0.600. The number of aliphatic hydroxyl groups excluding tert-OH is 1. The maximum Gasteiger partial charge on any atom is 0.241 e. The van der Waals surface area contributed by atoms with Crippen molar-refractivity contribution in [2.75, 3.05) is 50.8 Å². The number of halogens is 3. The van der Waals surface area contributed by atoms with Crippen LogP contribution in [0.15, 0.2) is 36.5 Å². The zero-order valence-electron chi connectivity index (χ0n) is 24.5. The Labute approximate surface area is 255 Å². The Hall–Kier alpha value is -1.85. The van der Waals surface area contributed by atoms with Gasteiger partial charge in [0.2, 0.25) is 5.91 Å². The molecule has 1 aromatic heterocycles. The minimum absolute atomic E-state index is 0. The highest BCUT2D eigenvalue weighted by molar-refractivity contribution is 5.97. The van der Waals surface area contributed by atoms with Crippen molar-refractivity contribution in [2.24, 2.45) is 0 Å². The van der Waals surface area contributed by atoms with E-state index in [2.05, 4.69) is 49.7 Å². The summed E-state index contributed by atoms with van der Waals surface area (Å²) in [6.45, 7) is 15.6. The number of hydrogen-bond donors (Lipinski definition) is 2. The SMILES string of the molecule is C[C@@H]1CN(CC(=O)N2CC(C)(C)c3ncc(C(O)c4ccc(F)cc4)cc32)[C@@H](CN2[C@H](C)COC[C@H]2C)CN1.Cl.Cl. The highest BCUT2D eigenvalue weighted by Crippen LogP contribution is 2.41. The van der Waals surface area contributed by atoms with Crippen LogP contribution in [0.25, 0.3) is 0 Å². The molecule has 4 heterocycles. The van der Waals surface area contributed by atoms with Gasteiger partial charge in [-0.15, -0.1) is 24.8 Å². The molecule has 1 amide bonds. The minimum Gasteiger partial charge on any atom is -0.384 e. The van der Waals surface area contributed by atoms with Gasteiger partial charge in [0.15, 0.2) is 0 Å². The number of aliphatic hydroxyl groups is 1. The van der Waals surface area contributed by atoms with Gasteiger partial charge in [-0.05, 0) is 44.5 Å². The maximum atomic E-state index is 13.9. The van der Waals surface area contributed by atoms with E-state index < -0.39 is 6.10 Å². The van der Waals surface area contributed by atoms with E-state index in [1.54, 1.807) is 18.3 Å². The van der Waals surface area contributed by atoms with Gasteiger partial charge in [0.25, 0.3) is 0 Å². The molecule has 1 aromatic carbocycles. The molecule has 5 rings (SSSR count). The number of carbonyl (C=O) groups is 1. The first kappa shape index (κ1) is 33.6. The van der Waals surface area contributed by atoms with E-state index in [0.717, 1.165) is 44.2 Å². The number of anilines is 1. The second-order valence-electron chi connectivity index (χ2n) is 12.3. The highest BCUT2D eigenvalue weighted by atomic mass is 35.5. The second-order valence-corrected chi connectivity index (χ2v) is 12.3.